The van der Waals surface area contributed by atoms with Gasteiger partial charge in [0.15, 0.2) is 0 Å². The number of pyridine rings is 1. The Kier molecular flexibility index (Phi) is 3.54. The minimum Gasteiger partial charge on any atom is -0.469 e. The predicted molar refractivity (Wildman–Crippen MR) is 78.7 cm³/mol. The number of rotatable bonds is 2. The number of benzene rings is 1. The second-order valence-corrected chi connectivity index (χ2v) is 5.18. The molecule has 1 fully saturated rings. The summed E-state index contributed by atoms with van der Waals surface area (Å²) in [7, 11) is 1.46. The molecule has 1 aromatic heterocycles. The summed E-state index contributed by atoms with van der Waals surface area (Å²) in [6.45, 7) is 1.71. The van der Waals surface area contributed by atoms with E-state index in [-0.39, 0.29) is 11.9 Å². The second kappa shape index (κ2) is 5.49. The number of hydrogen-bond acceptors (Lipinski definition) is 4. The largest absolute Gasteiger partial charge is 0.469 e. The van der Waals surface area contributed by atoms with Gasteiger partial charge in [0.05, 0.1) is 13.0 Å². The molecule has 4 heteroatoms. The number of methoxy groups -OCH3 is 1. The maximum absolute atomic E-state index is 11.7. The van der Waals surface area contributed by atoms with Crippen molar-refractivity contribution in [3.63, 3.8) is 0 Å². The summed E-state index contributed by atoms with van der Waals surface area (Å²) in [5.74, 6) is -0.123. The molecule has 20 heavy (non-hydrogen) atoms. The lowest BCUT2D eigenvalue weighted by Gasteiger charge is -2.33. The molecule has 104 valence electrons. The van der Waals surface area contributed by atoms with E-state index >= 15 is 0 Å². The van der Waals surface area contributed by atoms with Crippen LogP contribution in [0.4, 0.5) is 5.69 Å². The molecule has 0 bridgehead atoms. The van der Waals surface area contributed by atoms with Crippen molar-refractivity contribution in [2.75, 3.05) is 25.1 Å². The summed E-state index contributed by atoms with van der Waals surface area (Å²) < 4.78 is 4.89. The molecule has 4 nitrogen and oxygen atoms in total. The normalized spacial score (nSPS) is 19.1. The molecule has 1 aliphatic heterocycles. The zero-order valence-electron chi connectivity index (χ0n) is 11.6. The van der Waals surface area contributed by atoms with Crippen molar-refractivity contribution >= 4 is 22.4 Å². The van der Waals surface area contributed by atoms with Crippen molar-refractivity contribution < 1.29 is 9.53 Å². The first kappa shape index (κ1) is 12.9. The molecule has 1 aliphatic rings. The van der Waals surface area contributed by atoms with Crippen molar-refractivity contribution in [2.45, 2.75) is 12.8 Å². The Balaban J connectivity index is 1.92. The maximum atomic E-state index is 11.7. The van der Waals surface area contributed by atoms with Crippen LogP contribution in [0.25, 0.3) is 10.8 Å². The number of nitrogens with zero attached hydrogens (tertiary/aromatic N) is 2. The molecular weight excluding hydrogens is 252 g/mol. The topological polar surface area (TPSA) is 42.4 Å². The smallest absolute Gasteiger partial charge is 0.310 e. The highest BCUT2D eigenvalue weighted by molar-refractivity contribution is 5.93. The average molecular weight is 270 g/mol. The average Bonchev–Trinajstić information content (AvgIpc) is 2.53. The molecule has 0 spiro atoms. The number of carbonyl (C=O) groups is 1. The quantitative estimate of drug-likeness (QED) is 0.787. The second-order valence-electron chi connectivity index (χ2n) is 5.18. The lowest BCUT2D eigenvalue weighted by molar-refractivity contribution is -0.145. The molecule has 3 rings (SSSR count). The monoisotopic (exact) mass is 270 g/mol. The summed E-state index contributed by atoms with van der Waals surface area (Å²) >= 11 is 0. The first-order valence-corrected chi connectivity index (χ1v) is 6.95. The molecule has 0 amide bonds. The van der Waals surface area contributed by atoms with Gasteiger partial charge in [0.2, 0.25) is 0 Å². The summed E-state index contributed by atoms with van der Waals surface area (Å²) in [5, 5.41) is 2.32. The summed E-state index contributed by atoms with van der Waals surface area (Å²) in [4.78, 5) is 18.2. The van der Waals surface area contributed by atoms with Crippen LogP contribution < -0.4 is 4.90 Å². The SMILES string of the molecule is COC(=O)C1CCCN(c2cccc3cnccc23)C1. The van der Waals surface area contributed by atoms with Crippen molar-refractivity contribution in [3.05, 3.63) is 36.7 Å². The van der Waals surface area contributed by atoms with Crippen molar-refractivity contribution in [2.24, 2.45) is 5.92 Å². The highest BCUT2D eigenvalue weighted by atomic mass is 16.5. The van der Waals surface area contributed by atoms with Gasteiger partial charge in [-0.25, -0.2) is 0 Å². The van der Waals surface area contributed by atoms with Crippen LogP contribution in [0, 0.1) is 5.92 Å². The summed E-state index contributed by atoms with van der Waals surface area (Å²) in [6, 6.07) is 8.25. The number of carbonyl (C=O) groups excluding carboxylic acids is 1. The van der Waals surface area contributed by atoms with Gasteiger partial charge in [-0.05, 0) is 25.0 Å². The number of fused-ring (bicyclic) bond motifs is 1. The fourth-order valence-corrected chi connectivity index (χ4v) is 2.94. The molecule has 1 atom stereocenters. The molecule has 0 N–H and O–H groups in total. The molecule has 1 aromatic carbocycles. The third kappa shape index (κ3) is 2.33. The van der Waals surface area contributed by atoms with E-state index in [1.54, 1.807) is 0 Å². The van der Waals surface area contributed by atoms with Crippen LogP contribution >= 0.6 is 0 Å². The van der Waals surface area contributed by atoms with Gasteiger partial charge in [-0.1, -0.05) is 12.1 Å². The van der Waals surface area contributed by atoms with Gasteiger partial charge in [-0.15, -0.1) is 0 Å². The van der Waals surface area contributed by atoms with Crippen molar-refractivity contribution in [1.82, 2.24) is 4.98 Å². The molecular formula is C16H18N2O2. The zero-order valence-corrected chi connectivity index (χ0v) is 11.6. The fraction of sp³-hybridized carbons (Fsp3) is 0.375. The van der Waals surface area contributed by atoms with Gasteiger partial charge in [-0.3, -0.25) is 9.78 Å². The standard InChI is InChI=1S/C16H18N2O2/c1-20-16(19)13-5-3-9-18(11-13)15-6-2-4-12-10-17-8-7-14(12)15/h2,4,6-8,10,13H,3,5,9,11H2,1H3. The molecule has 1 unspecified atom stereocenters. The van der Waals surface area contributed by atoms with Gasteiger partial charge >= 0.3 is 5.97 Å². The summed E-state index contributed by atoms with van der Waals surface area (Å²) in [6.07, 6.45) is 5.62. The first-order valence-electron chi connectivity index (χ1n) is 6.95. The first-order chi connectivity index (χ1) is 9.79. The fourth-order valence-electron chi connectivity index (χ4n) is 2.94. The van der Waals surface area contributed by atoms with E-state index in [0.29, 0.717) is 0 Å². The van der Waals surface area contributed by atoms with Gasteiger partial charge in [0, 0.05) is 41.9 Å². The van der Waals surface area contributed by atoms with E-state index in [1.165, 1.54) is 18.2 Å². The van der Waals surface area contributed by atoms with Crippen LogP contribution in [-0.2, 0) is 9.53 Å². The Morgan fingerprint density at radius 1 is 1.40 bits per heavy atom. The van der Waals surface area contributed by atoms with Crippen LogP contribution in [0.2, 0.25) is 0 Å². The number of piperidine rings is 1. The molecule has 1 saturated heterocycles. The van der Waals surface area contributed by atoms with Crippen molar-refractivity contribution in [1.29, 1.82) is 0 Å². The van der Waals surface area contributed by atoms with E-state index < -0.39 is 0 Å². The van der Waals surface area contributed by atoms with Gasteiger partial charge < -0.3 is 9.64 Å². The lowest BCUT2D eigenvalue weighted by atomic mass is 9.97. The predicted octanol–water partition coefficient (Wildman–Crippen LogP) is 2.62. The Morgan fingerprint density at radius 3 is 3.15 bits per heavy atom. The Morgan fingerprint density at radius 2 is 2.30 bits per heavy atom. The van der Waals surface area contributed by atoms with Crippen LogP contribution in [0.5, 0.6) is 0 Å². The van der Waals surface area contributed by atoms with E-state index in [1.807, 2.05) is 24.5 Å². The minimum atomic E-state index is -0.100. The highest BCUT2D eigenvalue weighted by Crippen LogP contribution is 2.30. The van der Waals surface area contributed by atoms with Crippen molar-refractivity contribution in [3.8, 4) is 0 Å². The van der Waals surface area contributed by atoms with Crippen LogP contribution in [-0.4, -0.2) is 31.2 Å². The van der Waals surface area contributed by atoms with E-state index in [4.69, 9.17) is 4.74 Å². The third-order valence-electron chi connectivity index (χ3n) is 3.95. The number of aromatic nitrogens is 1. The molecule has 2 aromatic rings. The molecule has 2 heterocycles. The van der Waals surface area contributed by atoms with Gasteiger partial charge in [0.25, 0.3) is 0 Å². The number of hydrogen-bond donors (Lipinski definition) is 0. The third-order valence-corrected chi connectivity index (χ3v) is 3.95. The van der Waals surface area contributed by atoms with Gasteiger partial charge in [-0.2, -0.15) is 0 Å². The highest BCUT2D eigenvalue weighted by Gasteiger charge is 2.27. The number of esters is 1. The van der Waals surface area contributed by atoms with Crippen LogP contribution in [0.1, 0.15) is 12.8 Å². The van der Waals surface area contributed by atoms with E-state index in [2.05, 4.69) is 22.0 Å². The minimum absolute atomic E-state index is 0.0224. The van der Waals surface area contributed by atoms with E-state index in [9.17, 15) is 4.79 Å². The molecule has 0 radical (unpaired) electrons. The number of anilines is 1. The Hall–Kier alpha value is -2.10. The van der Waals surface area contributed by atoms with E-state index in [0.717, 1.165) is 31.3 Å². The Labute approximate surface area is 118 Å². The molecule has 0 saturated carbocycles. The zero-order chi connectivity index (χ0) is 13.9. The van der Waals surface area contributed by atoms with Crippen LogP contribution in [0.15, 0.2) is 36.7 Å². The number of ether oxygens (including phenoxy) is 1. The lowest BCUT2D eigenvalue weighted by Crippen LogP contribution is -2.39. The maximum Gasteiger partial charge on any atom is 0.310 e. The van der Waals surface area contributed by atoms with Crippen LogP contribution in [0.3, 0.4) is 0 Å². The summed E-state index contributed by atoms with van der Waals surface area (Å²) in [5.41, 5.74) is 1.18. The van der Waals surface area contributed by atoms with Gasteiger partial charge in [0.1, 0.15) is 0 Å². The Bertz CT molecular complexity index is 621. The molecule has 0 aliphatic carbocycles.